The summed E-state index contributed by atoms with van der Waals surface area (Å²) >= 11 is 0. The average Bonchev–Trinajstić information content (AvgIpc) is 3.24. The molecule has 0 saturated carbocycles. The Labute approximate surface area is 158 Å². The molecule has 6 nitrogen and oxygen atoms in total. The number of hydrogen-bond donors (Lipinski definition) is 1. The zero-order valence-corrected chi connectivity index (χ0v) is 15.6. The Hall–Kier alpha value is -2.99. The van der Waals surface area contributed by atoms with E-state index in [-0.39, 0.29) is 0 Å². The number of aromatic amines is 1. The van der Waals surface area contributed by atoms with Crippen molar-refractivity contribution in [3.8, 4) is 34.1 Å². The Morgan fingerprint density at radius 2 is 1.78 bits per heavy atom. The molecule has 0 bridgehead atoms. The first kappa shape index (κ1) is 17.4. The molecule has 0 unspecified atom stereocenters. The monoisotopic (exact) mass is 365 g/mol. The second kappa shape index (κ2) is 7.72. The van der Waals surface area contributed by atoms with E-state index in [1.54, 1.807) is 14.2 Å². The first-order valence-electron chi connectivity index (χ1n) is 8.99. The van der Waals surface area contributed by atoms with Crippen LogP contribution in [0.15, 0.2) is 48.7 Å². The maximum atomic E-state index is 5.44. The normalized spacial score (nSPS) is 14.2. The summed E-state index contributed by atoms with van der Waals surface area (Å²) in [6.45, 7) is 3.37. The van der Waals surface area contributed by atoms with Gasteiger partial charge in [0, 0.05) is 36.1 Å². The molecule has 1 N–H and O–H groups in total. The summed E-state index contributed by atoms with van der Waals surface area (Å²) in [6.07, 6.45) is 1.91. The molecule has 27 heavy (non-hydrogen) atoms. The van der Waals surface area contributed by atoms with E-state index in [1.165, 1.54) is 5.69 Å². The van der Waals surface area contributed by atoms with E-state index in [9.17, 15) is 0 Å². The number of anilines is 1. The predicted molar refractivity (Wildman–Crippen MR) is 106 cm³/mol. The third-order valence-corrected chi connectivity index (χ3v) is 4.75. The zero-order chi connectivity index (χ0) is 18.6. The molecule has 1 aliphatic heterocycles. The molecule has 1 saturated heterocycles. The van der Waals surface area contributed by atoms with Gasteiger partial charge in [-0.1, -0.05) is 12.1 Å². The van der Waals surface area contributed by atoms with Gasteiger partial charge in [-0.2, -0.15) is 0 Å². The molecular weight excluding hydrogens is 342 g/mol. The van der Waals surface area contributed by atoms with Gasteiger partial charge < -0.3 is 24.1 Å². The zero-order valence-electron chi connectivity index (χ0n) is 15.6. The lowest BCUT2D eigenvalue weighted by atomic mass is 10.1. The molecule has 1 aliphatic rings. The van der Waals surface area contributed by atoms with E-state index < -0.39 is 0 Å². The number of hydrogen-bond acceptors (Lipinski definition) is 5. The largest absolute Gasteiger partial charge is 0.493 e. The average molecular weight is 365 g/mol. The summed E-state index contributed by atoms with van der Waals surface area (Å²) in [6, 6.07) is 14.2. The van der Waals surface area contributed by atoms with E-state index >= 15 is 0 Å². The SMILES string of the molecule is COc1ccc(-c2c[nH]c(-c3cccc(N4CCOCC4)c3)n2)cc1OC. The van der Waals surface area contributed by atoms with E-state index in [2.05, 4.69) is 34.1 Å². The molecule has 140 valence electrons. The Kier molecular flexibility index (Phi) is 4.98. The summed E-state index contributed by atoms with van der Waals surface area (Å²) in [7, 11) is 3.26. The minimum absolute atomic E-state index is 0.689. The van der Waals surface area contributed by atoms with Gasteiger partial charge in [-0.25, -0.2) is 4.98 Å². The van der Waals surface area contributed by atoms with Crippen molar-refractivity contribution in [2.75, 3.05) is 45.4 Å². The molecular formula is C21H23N3O3. The fourth-order valence-electron chi connectivity index (χ4n) is 3.28. The number of methoxy groups -OCH3 is 2. The van der Waals surface area contributed by atoms with Crippen molar-refractivity contribution >= 4 is 5.69 Å². The lowest BCUT2D eigenvalue weighted by Gasteiger charge is -2.29. The van der Waals surface area contributed by atoms with Gasteiger partial charge in [-0.15, -0.1) is 0 Å². The lowest BCUT2D eigenvalue weighted by molar-refractivity contribution is 0.122. The molecule has 0 aliphatic carbocycles. The van der Waals surface area contributed by atoms with Gasteiger partial charge in [0.15, 0.2) is 11.5 Å². The van der Waals surface area contributed by atoms with Gasteiger partial charge >= 0.3 is 0 Å². The van der Waals surface area contributed by atoms with Crippen molar-refractivity contribution in [1.29, 1.82) is 0 Å². The molecule has 0 spiro atoms. The molecule has 1 fully saturated rings. The van der Waals surface area contributed by atoms with Crippen LogP contribution < -0.4 is 14.4 Å². The van der Waals surface area contributed by atoms with Crippen LogP contribution in [0.25, 0.3) is 22.6 Å². The molecule has 3 aromatic rings. The molecule has 2 aromatic carbocycles. The summed E-state index contributed by atoms with van der Waals surface area (Å²) in [5.41, 5.74) is 4.09. The number of nitrogens with one attached hydrogen (secondary N) is 1. The number of imidazole rings is 1. The van der Waals surface area contributed by atoms with Gasteiger partial charge in [0.05, 0.1) is 33.1 Å². The molecule has 6 heteroatoms. The van der Waals surface area contributed by atoms with Gasteiger partial charge in [0.25, 0.3) is 0 Å². The molecule has 0 atom stereocenters. The summed E-state index contributed by atoms with van der Waals surface area (Å²) < 4.78 is 16.1. The van der Waals surface area contributed by atoms with Crippen LogP contribution >= 0.6 is 0 Å². The number of aromatic nitrogens is 2. The Bertz CT molecular complexity index is 917. The van der Waals surface area contributed by atoms with Crippen molar-refractivity contribution in [3.63, 3.8) is 0 Å². The summed E-state index contributed by atoms with van der Waals surface area (Å²) in [5, 5.41) is 0. The van der Waals surface area contributed by atoms with E-state index in [1.807, 2.05) is 24.4 Å². The van der Waals surface area contributed by atoms with Crippen LogP contribution in [0.4, 0.5) is 5.69 Å². The fourth-order valence-corrected chi connectivity index (χ4v) is 3.28. The third kappa shape index (κ3) is 3.61. The molecule has 0 amide bonds. The predicted octanol–water partition coefficient (Wildman–Crippen LogP) is 3.60. The van der Waals surface area contributed by atoms with Crippen molar-refractivity contribution in [2.45, 2.75) is 0 Å². The van der Waals surface area contributed by atoms with Crippen molar-refractivity contribution < 1.29 is 14.2 Å². The van der Waals surface area contributed by atoms with Crippen LogP contribution in [0, 0.1) is 0 Å². The minimum Gasteiger partial charge on any atom is -0.493 e. The Balaban J connectivity index is 1.61. The van der Waals surface area contributed by atoms with Crippen LogP contribution in [-0.4, -0.2) is 50.5 Å². The van der Waals surface area contributed by atoms with Crippen LogP contribution in [0.2, 0.25) is 0 Å². The number of nitrogens with zero attached hydrogens (tertiary/aromatic N) is 2. The van der Waals surface area contributed by atoms with Crippen molar-refractivity contribution in [2.24, 2.45) is 0 Å². The second-order valence-corrected chi connectivity index (χ2v) is 6.35. The standard InChI is InChI=1S/C21H23N3O3/c1-25-19-7-6-15(13-20(19)26-2)18-14-22-21(23-18)16-4-3-5-17(12-16)24-8-10-27-11-9-24/h3-7,12-14H,8-11H2,1-2H3,(H,22,23). The maximum Gasteiger partial charge on any atom is 0.161 e. The quantitative estimate of drug-likeness (QED) is 0.749. The highest BCUT2D eigenvalue weighted by atomic mass is 16.5. The molecule has 4 rings (SSSR count). The number of rotatable bonds is 5. The fraction of sp³-hybridized carbons (Fsp3) is 0.286. The first-order chi connectivity index (χ1) is 13.3. The molecule has 2 heterocycles. The van der Waals surface area contributed by atoms with Gasteiger partial charge in [0.1, 0.15) is 5.82 Å². The molecule has 1 aromatic heterocycles. The van der Waals surface area contributed by atoms with Crippen LogP contribution in [0.5, 0.6) is 11.5 Å². The number of morpholine rings is 1. The third-order valence-electron chi connectivity index (χ3n) is 4.75. The van der Waals surface area contributed by atoms with E-state index in [4.69, 9.17) is 19.2 Å². The van der Waals surface area contributed by atoms with Crippen LogP contribution in [-0.2, 0) is 4.74 Å². The van der Waals surface area contributed by atoms with Crippen molar-refractivity contribution in [3.05, 3.63) is 48.7 Å². The van der Waals surface area contributed by atoms with E-state index in [0.717, 1.165) is 48.9 Å². The maximum absolute atomic E-state index is 5.44. The highest BCUT2D eigenvalue weighted by Gasteiger charge is 2.14. The highest BCUT2D eigenvalue weighted by molar-refractivity contribution is 5.69. The van der Waals surface area contributed by atoms with E-state index in [0.29, 0.717) is 11.5 Å². The minimum atomic E-state index is 0.689. The van der Waals surface area contributed by atoms with Gasteiger partial charge in [-0.3, -0.25) is 0 Å². The van der Waals surface area contributed by atoms with Crippen LogP contribution in [0.1, 0.15) is 0 Å². The first-order valence-corrected chi connectivity index (χ1v) is 8.99. The van der Waals surface area contributed by atoms with Gasteiger partial charge in [-0.05, 0) is 30.3 Å². The van der Waals surface area contributed by atoms with Crippen molar-refractivity contribution in [1.82, 2.24) is 9.97 Å². The van der Waals surface area contributed by atoms with Crippen LogP contribution in [0.3, 0.4) is 0 Å². The number of H-pyrrole nitrogens is 1. The Morgan fingerprint density at radius 1 is 0.963 bits per heavy atom. The summed E-state index contributed by atoms with van der Waals surface area (Å²) in [5.74, 6) is 2.24. The molecule has 0 radical (unpaired) electrons. The number of benzene rings is 2. The second-order valence-electron chi connectivity index (χ2n) is 6.35. The topological polar surface area (TPSA) is 59.6 Å². The lowest BCUT2D eigenvalue weighted by Crippen LogP contribution is -2.36. The smallest absolute Gasteiger partial charge is 0.161 e. The highest BCUT2D eigenvalue weighted by Crippen LogP contribution is 2.32. The number of ether oxygens (including phenoxy) is 3. The summed E-state index contributed by atoms with van der Waals surface area (Å²) in [4.78, 5) is 10.4. The van der Waals surface area contributed by atoms with Gasteiger partial charge in [0.2, 0.25) is 0 Å². The Morgan fingerprint density at radius 3 is 2.56 bits per heavy atom.